The molecule has 98 valence electrons. The third-order valence-corrected chi connectivity index (χ3v) is 2.93. The van der Waals surface area contributed by atoms with Crippen LogP contribution in [0.1, 0.15) is 28.4 Å². The van der Waals surface area contributed by atoms with Crippen molar-refractivity contribution in [2.75, 3.05) is 0 Å². The molecule has 4 nitrogen and oxygen atoms in total. The van der Waals surface area contributed by atoms with Gasteiger partial charge in [-0.1, -0.05) is 29.8 Å². The lowest BCUT2D eigenvalue weighted by atomic mass is 9.97. The van der Waals surface area contributed by atoms with Crippen molar-refractivity contribution >= 4 is 5.97 Å². The zero-order chi connectivity index (χ0) is 13.8. The van der Waals surface area contributed by atoms with E-state index in [1.807, 2.05) is 38.1 Å². The molecule has 2 rings (SSSR count). The van der Waals surface area contributed by atoms with Gasteiger partial charge in [-0.2, -0.15) is 0 Å². The van der Waals surface area contributed by atoms with E-state index in [0.717, 1.165) is 16.7 Å². The summed E-state index contributed by atoms with van der Waals surface area (Å²) < 4.78 is 0. The molecule has 1 aromatic heterocycles. The Balaban J connectivity index is 2.26. The summed E-state index contributed by atoms with van der Waals surface area (Å²) in [5.74, 6) is -1.24. The summed E-state index contributed by atoms with van der Waals surface area (Å²) in [6, 6.07) is 7.84. The summed E-state index contributed by atoms with van der Waals surface area (Å²) >= 11 is 0. The summed E-state index contributed by atoms with van der Waals surface area (Å²) in [7, 11) is 0. The highest BCUT2D eigenvalue weighted by Crippen LogP contribution is 2.18. The highest BCUT2D eigenvalue weighted by atomic mass is 16.4. The second-order valence-electron chi connectivity index (χ2n) is 4.70. The number of rotatable bonds is 4. The summed E-state index contributed by atoms with van der Waals surface area (Å²) in [6.07, 6.45) is 3.70. The van der Waals surface area contributed by atoms with E-state index in [1.165, 1.54) is 0 Å². The minimum atomic E-state index is -0.898. The minimum Gasteiger partial charge on any atom is -0.481 e. The number of aliphatic carboxylic acids is 1. The lowest BCUT2D eigenvalue weighted by molar-refractivity contribution is -0.139. The van der Waals surface area contributed by atoms with Crippen molar-refractivity contribution in [3.8, 4) is 0 Å². The predicted octanol–water partition coefficient (Wildman–Crippen LogP) is 2.50. The van der Waals surface area contributed by atoms with Crippen molar-refractivity contribution in [3.05, 3.63) is 59.2 Å². The molecule has 0 saturated heterocycles. The van der Waals surface area contributed by atoms with Gasteiger partial charge in [-0.05, 0) is 31.4 Å². The van der Waals surface area contributed by atoms with Gasteiger partial charge in [0.05, 0.1) is 0 Å². The van der Waals surface area contributed by atoms with Crippen LogP contribution >= 0.6 is 0 Å². The highest BCUT2D eigenvalue weighted by Gasteiger charge is 2.23. The molecular weight excluding hydrogens is 240 g/mol. The van der Waals surface area contributed by atoms with Gasteiger partial charge in [-0.3, -0.25) is 4.79 Å². The van der Waals surface area contributed by atoms with Crippen LogP contribution in [0.25, 0.3) is 0 Å². The van der Waals surface area contributed by atoms with Gasteiger partial charge >= 0.3 is 5.97 Å². The molecule has 0 amide bonds. The van der Waals surface area contributed by atoms with Crippen molar-refractivity contribution in [3.63, 3.8) is 0 Å². The largest absolute Gasteiger partial charge is 0.481 e. The number of hydrogen-bond donors (Lipinski definition) is 1. The van der Waals surface area contributed by atoms with Crippen molar-refractivity contribution in [2.24, 2.45) is 0 Å². The van der Waals surface area contributed by atoms with E-state index >= 15 is 0 Å². The van der Waals surface area contributed by atoms with Gasteiger partial charge in [-0.25, -0.2) is 9.97 Å². The predicted molar refractivity (Wildman–Crippen MR) is 72.0 cm³/mol. The maximum absolute atomic E-state index is 11.4. The third kappa shape index (κ3) is 3.37. The van der Waals surface area contributed by atoms with Crippen LogP contribution in [-0.2, 0) is 11.2 Å². The Labute approximate surface area is 112 Å². The summed E-state index contributed by atoms with van der Waals surface area (Å²) in [4.78, 5) is 19.6. The first kappa shape index (κ1) is 13.2. The first-order chi connectivity index (χ1) is 9.06. The molecular formula is C15H16N2O2. The Morgan fingerprint density at radius 2 is 1.89 bits per heavy atom. The molecule has 0 spiro atoms. The van der Waals surface area contributed by atoms with Crippen LogP contribution in [0.3, 0.4) is 0 Å². The zero-order valence-electron chi connectivity index (χ0n) is 11.0. The average Bonchev–Trinajstić information content (AvgIpc) is 2.37. The van der Waals surface area contributed by atoms with E-state index in [9.17, 15) is 9.90 Å². The van der Waals surface area contributed by atoms with Crippen LogP contribution in [-0.4, -0.2) is 21.0 Å². The summed E-state index contributed by atoms with van der Waals surface area (Å²) in [5.41, 5.74) is 3.02. The van der Waals surface area contributed by atoms with Crippen molar-refractivity contribution in [1.29, 1.82) is 0 Å². The lowest BCUT2D eigenvalue weighted by Crippen LogP contribution is -2.17. The normalized spacial score (nSPS) is 12.1. The quantitative estimate of drug-likeness (QED) is 0.913. The fourth-order valence-corrected chi connectivity index (χ4v) is 1.95. The molecule has 1 heterocycles. The number of hydrogen-bond acceptors (Lipinski definition) is 3. The molecule has 0 aliphatic heterocycles. The second kappa shape index (κ2) is 5.61. The Hall–Kier alpha value is -2.23. The van der Waals surface area contributed by atoms with Gasteiger partial charge in [-0.15, -0.1) is 0 Å². The second-order valence-corrected chi connectivity index (χ2v) is 4.70. The van der Waals surface area contributed by atoms with E-state index in [2.05, 4.69) is 9.97 Å². The number of carboxylic acids is 1. The molecule has 1 unspecified atom stereocenters. The summed E-state index contributed by atoms with van der Waals surface area (Å²) in [6.45, 7) is 3.86. The van der Waals surface area contributed by atoms with Crippen molar-refractivity contribution in [2.45, 2.75) is 26.2 Å². The van der Waals surface area contributed by atoms with Crippen LogP contribution in [0.2, 0.25) is 0 Å². The number of aryl methyl sites for hydroxylation is 2. The van der Waals surface area contributed by atoms with Crippen molar-refractivity contribution < 1.29 is 9.90 Å². The molecule has 0 bridgehead atoms. The van der Waals surface area contributed by atoms with Crippen LogP contribution < -0.4 is 0 Å². The first-order valence-corrected chi connectivity index (χ1v) is 6.13. The topological polar surface area (TPSA) is 63.1 Å². The minimum absolute atomic E-state index is 0.361. The number of carbonyl (C=O) groups is 1. The van der Waals surface area contributed by atoms with Gasteiger partial charge in [0.1, 0.15) is 11.7 Å². The van der Waals surface area contributed by atoms with Crippen LogP contribution in [0.4, 0.5) is 0 Å². The molecule has 0 fully saturated rings. The van der Waals surface area contributed by atoms with E-state index in [1.54, 1.807) is 12.4 Å². The number of aromatic nitrogens is 2. The zero-order valence-corrected chi connectivity index (χ0v) is 11.0. The smallest absolute Gasteiger partial charge is 0.314 e. The monoisotopic (exact) mass is 256 g/mol. The molecule has 2 aromatic rings. The molecule has 4 heteroatoms. The molecule has 1 atom stereocenters. The van der Waals surface area contributed by atoms with Crippen LogP contribution in [0.5, 0.6) is 0 Å². The number of benzene rings is 1. The Bertz CT molecular complexity index is 579. The fourth-order valence-electron chi connectivity index (χ4n) is 1.95. The molecule has 0 aliphatic rings. The van der Waals surface area contributed by atoms with Crippen LogP contribution in [0.15, 0.2) is 36.7 Å². The van der Waals surface area contributed by atoms with Gasteiger partial charge in [0.25, 0.3) is 0 Å². The fraction of sp³-hybridized carbons (Fsp3) is 0.267. The molecule has 0 aliphatic carbocycles. The third-order valence-electron chi connectivity index (χ3n) is 2.93. The highest BCUT2D eigenvalue weighted by molar-refractivity contribution is 5.75. The van der Waals surface area contributed by atoms with Gasteiger partial charge in [0.15, 0.2) is 0 Å². The lowest BCUT2D eigenvalue weighted by Gasteiger charge is -2.11. The van der Waals surface area contributed by atoms with E-state index in [4.69, 9.17) is 0 Å². The van der Waals surface area contributed by atoms with E-state index < -0.39 is 11.9 Å². The molecule has 0 saturated carbocycles. The first-order valence-electron chi connectivity index (χ1n) is 6.13. The van der Waals surface area contributed by atoms with Gasteiger partial charge < -0.3 is 5.11 Å². The number of carboxylic acid groups (broad SMARTS) is 1. The van der Waals surface area contributed by atoms with Crippen LogP contribution in [0, 0.1) is 13.8 Å². The van der Waals surface area contributed by atoms with E-state index in [0.29, 0.717) is 12.2 Å². The SMILES string of the molecule is Cc1cnc(C(Cc2cccc(C)c2)C(=O)O)nc1. The molecule has 0 radical (unpaired) electrons. The van der Waals surface area contributed by atoms with Crippen molar-refractivity contribution in [1.82, 2.24) is 9.97 Å². The van der Waals surface area contributed by atoms with Gasteiger partial charge in [0.2, 0.25) is 0 Å². The maximum Gasteiger partial charge on any atom is 0.314 e. The molecule has 19 heavy (non-hydrogen) atoms. The molecule has 1 N–H and O–H groups in total. The molecule has 1 aromatic carbocycles. The Kier molecular flexibility index (Phi) is 3.90. The standard InChI is InChI=1S/C15H16N2O2/c1-10-4-3-5-12(6-10)7-13(15(18)19)14-16-8-11(2)9-17-14/h3-6,8-9,13H,7H2,1-2H3,(H,18,19). The summed E-state index contributed by atoms with van der Waals surface area (Å²) in [5, 5.41) is 9.35. The number of nitrogens with zero attached hydrogens (tertiary/aromatic N) is 2. The Morgan fingerprint density at radius 3 is 2.47 bits per heavy atom. The average molecular weight is 256 g/mol. The Morgan fingerprint density at radius 1 is 1.21 bits per heavy atom. The van der Waals surface area contributed by atoms with E-state index in [-0.39, 0.29) is 0 Å². The maximum atomic E-state index is 11.4. The van der Waals surface area contributed by atoms with Gasteiger partial charge in [0, 0.05) is 12.4 Å².